The van der Waals surface area contributed by atoms with Gasteiger partial charge >= 0.3 is 5.97 Å². The number of esters is 1. The number of ether oxygens (including phenoxy) is 3. The van der Waals surface area contributed by atoms with Gasteiger partial charge in [0.15, 0.2) is 17.8 Å². The topological polar surface area (TPSA) is 166 Å². The minimum Gasteiger partial charge on any atom is -0.504 e. The van der Waals surface area contributed by atoms with Crippen LogP contribution in [0.5, 0.6) is 11.5 Å². The molecule has 0 amide bonds. The predicted octanol–water partition coefficient (Wildman–Crippen LogP) is -0.583. The average molecular weight is 426 g/mol. The number of aliphatic hydroxyl groups excluding tert-OH is 4. The van der Waals surface area contributed by atoms with Crippen molar-refractivity contribution in [2.75, 3.05) is 19.8 Å². The number of phenolic OH excluding ortho intramolecular Hbond substituents is 2. The third kappa shape index (κ3) is 6.52. The number of phenols is 2. The van der Waals surface area contributed by atoms with Gasteiger partial charge in [0.1, 0.15) is 31.0 Å². The zero-order valence-electron chi connectivity index (χ0n) is 16.3. The number of benzene rings is 1. The van der Waals surface area contributed by atoms with Gasteiger partial charge in [-0.25, -0.2) is 4.79 Å². The molecule has 5 unspecified atom stereocenters. The lowest BCUT2D eigenvalue weighted by Crippen LogP contribution is -2.59. The molecule has 1 aliphatic rings. The molecule has 1 aromatic rings. The molecule has 1 saturated heterocycles. The third-order valence-electron chi connectivity index (χ3n) is 4.39. The van der Waals surface area contributed by atoms with Crippen LogP contribution >= 0.6 is 0 Å². The van der Waals surface area contributed by atoms with Crippen molar-refractivity contribution in [3.05, 3.63) is 41.5 Å². The van der Waals surface area contributed by atoms with Crippen LogP contribution in [0.15, 0.2) is 35.9 Å². The number of carbonyl (C=O) groups excluding carboxylic acids is 1. The molecule has 0 aliphatic carbocycles. The fourth-order valence-electron chi connectivity index (χ4n) is 2.59. The Hall–Kier alpha value is -2.47. The van der Waals surface area contributed by atoms with Crippen LogP contribution in [-0.2, 0) is 19.0 Å². The third-order valence-corrected chi connectivity index (χ3v) is 4.39. The zero-order chi connectivity index (χ0) is 22.3. The van der Waals surface area contributed by atoms with Crippen molar-refractivity contribution in [1.29, 1.82) is 0 Å². The van der Waals surface area contributed by atoms with Gasteiger partial charge in [-0.05, 0) is 36.3 Å². The number of carbonyl (C=O) groups is 1. The number of hydrogen-bond acceptors (Lipinski definition) is 10. The molecule has 166 valence electrons. The first-order valence-corrected chi connectivity index (χ1v) is 9.17. The Morgan fingerprint density at radius 1 is 1.13 bits per heavy atom. The van der Waals surface area contributed by atoms with Gasteiger partial charge in [-0.15, -0.1) is 0 Å². The molecule has 0 radical (unpaired) electrons. The summed E-state index contributed by atoms with van der Waals surface area (Å²) in [7, 11) is 0. The molecule has 1 fully saturated rings. The van der Waals surface area contributed by atoms with Crippen molar-refractivity contribution in [2.24, 2.45) is 0 Å². The lowest BCUT2D eigenvalue weighted by Gasteiger charge is -2.39. The maximum absolute atomic E-state index is 11.8. The molecule has 0 aromatic heterocycles. The quantitative estimate of drug-likeness (QED) is 0.137. The van der Waals surface area contributed by atoms with E-state index in [0.29, 0.717) is 11.1 Å². The van der Waals surface area contributed by atoms with Gasteiger partial charge < -0.3 is 44.8 Å². The van der Waals surface area contributed by atoms with E-state index in [2.05, 4.69) is 0 Å². The second kappa shape index (κ2) is 11.1. The van der Waals surface area contributed by atoms with Gasteiger partial charge in [0, 0.05) is 6.08 Å². The molecular weight excluding hydrogens is 400 g/mol. The van der Waals surface area contributed by atoms with Crippen molar-refractivity contribution in [1.82, 2.24) is 0 Å². The van der Waals surface area contributed by atoms with Crippen molar-refractivity contribution >= 4 is 12.0 Å². The van der Waals surface area contributed by atoms with Crippen molar-refractivity contribution in [3.8, 4) is 11.5 Å². The minimum atomic E-state index is -1.52. The van der Waals surface area contributed by atoms with Crippen LogP contribution in [0.2, 0.25) is 0 Å². The van der Waals surface area contributed by atoms with Crippen LogP contribution in [0.1, 0.15) is 12.5 Å². The molecular formula is C20H26O10. The van der Waals surface area contributed by atoms with Crippen molar-refractivity contribution < 1.29 is 49.6 Å². The monoisotopic (exact) mass is 426 g/mol. The molecule has 1 aromatic carbocycles. The summed E-state index contributed by atoms with van der Waals surface area (Å²) in [5, 5.41) is 57.1. The summed E-state index contributed by atoms with van der Waals surface area (Å²) in [5.41, 5.74) is 1.14. The molecule has 0 spiro atoms. The Balaban J connectivity index is 1.77. The summed E-state index contributed by atoms with van der Waals surface area (Å²) in [5.74, 6) is -1.18. The Kier molecular flexibility index (Phi) is 8.78. The number of rotatable bonds is 8. The minimum absolute atomic E-state index is 0.0258. The van der Waals surface area contributed by atoms with E-state index in [1.54, 1.807) is 13.0 Å². The van der Waals surface area contributed by atoms with E-state index >= 15 is 0 Å². The highest BCUT2D eigenvalue weighted by molar-refractivity contribution is 5.87. The molecule has 0 saturated carbocycles. The molecule has 2 rings (SSSR count). The normalized spacial score (nSPS) is 27.4. The van der Waals surface area contributed by atoms with Crippen LogP contribution < -0.4 is 0 Å². The van der Waals surface area contributed by atoms with E-state index in [-0.39, 0.29) is 24.7 Å². The average Bonchev–Trinajstić information content (AvgIpc) is 2.73. The highest BCUT2D eigenvalue weighted by atomic mass is 16.7. The number of aliphatic hydroxyl groups is 4. The van der Waals surface area contributed by atoms with Gasteiger partial charge in [-0.2, -0.15) is 0 Å². The van der Waals surface area contributed by atoms with Gasteiger partial charge in [0.05, 0.1) is 13.2 Å². The van der Waals surface area contributed by atoms with Gasteiger partial charge in [0.25, 0.3) is 0 Å². The fourth-order valence-corrected chi connectivity index (χ4v) is 2.59. The Labute approximate surface area is 172 Å². The highest BCUT2D eigenvalue weighted by Gasteiger charge is 2.43. The molecule has 6 N–H and O–H groups in total. The second-order valence-corrected chi connectivity index (χ2v) is 6.77. The van der Waals surface area contributed by atoms with Gasteiger partial charge in [0.2, 0.25) is 0 Å². The lowest BCUT2D eigenvalue weighted by molar-refractivity contribution is -0.298. The Bertz CT molecular complexity index is 773. The van der Waals surface area contributed by atoms with E-state index in [9.17, 15) is 30.3 Å². The van der Waals surface area contributed by atoms with Crippen LogP contribution in [0.3, 0.4) is 0 Å². The molecule has 0 bridgehead atoms. The fraction of sp³-hybridized carbons (Fsp3) is 0.450. The summed E-state index contributed by atoms with van der Waals surface area (Å²) < 4.78 is 15.6. The van der Waals surface area contributed by atoms with Gasteiger partial charge in [-0.3, -0.25) is 0 Å². The number of hydrogen-bond donors (Lipinski definition) is 6. The highest BCUT2D eigenvalue weighted by Crippen LogP contribution is 2.25. The summed E-state index contributed by atoms with van der Waals surface area (Å²) in [6.45, 7) is 1.08. The SMILES string of the molecule is CC(=CCOC1OC(CO)C(O)C(O)C1O)COC(=O)C=Cc1ccc(O)c(O)c1. The number of aromatic hydroxyl groups is 2. The Morgan fingerprint density at radius 3 is 2.53 bits per heavy atom. The second-order valence-electron chi connectivity index (χ2n) is 6.77. The van der Waals surface area contributed by atoms with Crippen LogP contribution in [-0.4, -0.2) is 87.1 Å². The maximum atomic E-state index is 11.8. The largest absolute Gasteiger partial charge is 0.504 e. The molecule has 30 heavy (non-hydrogen) atoms. The van der Waals surface area contributed by atoms with Crippen molar-refractivity contribution in [3.63, 3.8) is 0 Å². The van der Waals surface area contributed by atoms with Gasteiger partial charge in [-0.1, -0.05) is 12.1 Å². The van der Waals surface area contributed by atoms with Crippen LogP contribution in [0, 0.1) is 0 Å². The molecule has 10 nitrogen and oxygen atoms in total. The Morgan fingerprint density at radius 2 is 1.87 bits per heavy atom. The lowest BCUT2D eigenvalue weighted by atomic mass is 9.99. The van der Waals surface area contributed by atoms with Crippen molar-refractivity contribution in [2.45, 2.75) is 37.6 Å². The maximum Gasteiger partial charge on any atom is 0.331 e. The smallest absolute Gasteiger partial charge is 0.331 e. The summed E-state index contributed by atoms with van der Waals surface area (Å²) in [6.07, 6.45) is -2.59. The molecule has 1 aliphatic heterocycles. The summed E-state index contributed by atoms with van der Waals surface area (Å²) >= 11 is 0. The van der Waals surface area contributed by atoms with E-state index < -0.39 is 43.3 Å². The van der Waals surface area contributed by atoms with E-state index in [0.717, 1.165) is 0 Å². The first-order chi connectivity index (χ1) is 14.2. The first-order valence-electron chi connectivity index (χ1n) is 9.17. The first kappa shape index (κ1) is 23.8. The van der Waals surface area contributed by atoms with E-state index in [1.807, 2.05) is 0 Å². The molecule has 10 heteroatoms. The van der Waals surface area contributed by atoms with E-state index in [4.69, 9.17) is 19.3 Å². The van der Waals surface area contributed by atoms with Crippen LogP contribution in [0.4, 0.5) is 0 Å². The molecule has 5 atom stereocenters. The molecule has 1 heterocycles. The predicted molar refractivity (Wildman–Crippen MR) is 103 cm³/mol. The zero-order valence-corrected chi connectivity index (χ0v) is 16.3. The van der Waals surface area contributed by atoms with Crippen LogP contribution in [0.25, 0.3) is 6.08 Å². The van der Waals surface area contributed by atoms with E-state index in [1.165, 1.54) is 30.4 Å². The summed E-state index contributed by atoms with van der Waals surface area (Å²) in [4.78, 5) is 11.8. The standard InChI is InChI=1S/C20H26O10/c1-11(6-7-28-20-19(27)18(26)17(25)15(9-21)30-20)10-29-16(24)5-3-12-2-4-13(22)14(23)8-12/h2-6,8,15,17-23,25-27H,7,9-10H2,1H3. The summed E-state index contributed by atoms with van der Waals surface area (Å²) in [6, 6.07) is 4.10.